The molecule has 0 radical (unpaired) electrons. The number of halogens is 3. The number of fused-ring (bicyclic) bond motifs is 1. The zero-order chi connectivity index (χ0) is 26.7. The van der Waals surface area contributed by atoms with Crippen LogP contribution in [-0.2, 0) is 15.7 Å². The lowest BCUT2D eigenvalue weighted by atomic mass is 10.1. The van der Waals surface area contributed by atoms with Crippen molar-refractivity contribution in [3.05, 3.63) is 83.1 Å². The molecule has 9 nitrogen and oxygen atoms in total. The van der Waals surface area contributed by atoms with E-state index < -0.39 is 29.7 Å². The molecule has 0 unspecified atom stereocenters. The van der Waals surface area contributed by atoms with Crippen LogP contribution in [-0.4, -0.2) is 48.0 Å². The second-order valence-electron chi connectivity index (χ2n) is 7.80. The number of nitrogens with zero attached hydrogens (tertiary/aromatic N) is 3. The summed E-state index contributed by atoms with van der Waals surface area (Å²) in [6.07, 6.45) is -2.32. The molecule has 0 saturated carbocycles. The maximum absolute atomic E-state index is 13.0. The number of ether oxygens (including phenoxy) is 2. The minimum absolute atomic E-state index is 0.0565. The van der Waals surface area contributed by atoms with Gasteiger partial charge < -0.3 is 14.8 Å². The molecule has 0 saturated heterocycles. The summed E-state index contributed by atoms with van der Waals surface area (Å²) in [5.74, 6) is -1.23. The first-order valence-electron chi connectivity index (χ1n) is 11.0. The van der Waals surface area contributed by atoms with Crippen molar-refractivity contribution in [2.75, 3.05) is 30.5 Å². The number of carbonyl (C=O) groups excluding carboxylic acids is 3. The van der Waals surface area contributed by atoms with Gasteiger partial charge in [-0.25, -0.2) is 14.3 Å². The third-order valence-corrected chi connectivity index (χ3v) is 5.45. The number of hydrogen-bond donors (Lipinski definition) is 1. The van der Waals surface area contributed by atoms with Gasteiger partial charge in [0.25, 0.3) is 5.91 Å². The zero-order valence-electron chi connectivity index (χ0n) is 19.7. The highest BCUT2D eigenvalue weighted by molar-refractivity contribution is 6.05. The Morgan fingerprint density at radius 1 is 1.11 bits per heavy atom. The van der Waals surface area contributed by atoms with Gasteiger partial charge in [0, 0.05) is 16.8 Å². The lowest BCUT2D eigenvalue weighted by molar-refractivity contribution is -0.137. The summed E-state index contributed by atoms with van der Waals surface area (Å²) in [7, 11) is 1.21. The second-order valence-corrected chi connectivity index (χ2v) is 7.80. The summed E-state index contributed by atoms with van der Waals surface area (Å²) in [6.45, 7) is 1.83. The van der Waals surface area contributed by atoms with Gasteiger partial charge in [0.1, 0.15) is 5.56 Å². The summed E-state index contributed by atoms with van der Waals surface area (Å²) in [5.41, 5.74) is 0.355. The van der Waals surface area contributed by atoms with E-state index in [1.165, 1.54) is 29.0 Å². The van der Waals surface area contributed by atoms with E-state index in [9.17, 15) is 27.6 Å². The molecule has 0 aliphatic carbocycles. The fourth-order valence-electron chi connectivity index (χ4n) is 3.79. The Kier molecular flexibility index (Phi) is 7.00. The van der Waals surface area contributed by atoms with Crippen LogP contribution in [0.4, 0.5) is 29.5 Å². The summed E-state index contributed by atoms with van der Waals surface area (Å²) >= 11 is 0. The number of rotatable bonds is 5. The van der Waals surface area contributed by atoms with E-state index in [2.05, 4.69) is 10.4 Å². The SMILES string of the molecule is CCOC(=O)c1cnn2c1N(C(=O)OC)CC=C2c1cccc(NC(=O)c2cccc(C(F)(F)F)c2)c1. The highest BCUT2D eigenvalue weighted by Crippen LogP contribution is 2.33. The Bertz CT molecular complexity index is 1400. The van der Waals surface area contributed by atoms with Crippen LogP contribution < -0.4 is 10.2 Å². The largest absolute Gasteiger partial charge is 0.462 e. The van der Waals surface area contributed by atoms with Crippen molar-refractivity contribution in [2.45, 2.75) is 13.1 Å². The van der Waals surface area contributed by atoms with Crippen molar-refractivity contribution in [1.29, 1.82) is 0 Å². The number of alkyl halides is 3. The zero-order valence-corrected chi connectivity index (χ0v) is 19.7. The molecule has 1 aliphatic heterocycles. The standard InChI is InChI=1S/C25H21F3N4O5/c1-3-37-23(34)19-14-29-32-20(10-11-31(22(19)32)24(35)36-2)15-6-5-9-18(13-15)30-21(33)16-7-4-8-17(12-16)25(26,27)28/h4-10,12-14H,3,11H2,1-2H3,(H,30,33). The van der Waals surface area contributed by atoms with E-state index in [0.717, 1.165) is 18.2 Å². The molecule has 192 valence electrons. The molecule has 1 aliphatic rings. The first kappa shape index (κ1) is 25.5. The van der Waals surface area contributed by atoms with Crippen molar-refractivity contribution in [2.24, 2.45) is 0 Å². The molecule has 0 atom stereocenters. The van der Waals surface area contributed by atoms with Gasteiger partial charge in [-0.05, 0) is 43.3 Å². The average Bonchev–Trinajstić information content (AvgIpc) is 3.33. The number of anilines is 2. The van der Waals surface area contributed by atoms with Crippen LogP contribution in [0.2, 0.25) is 0 Å². The van der Waals surface area contributed by atoms with Crippen molar-refractivity contribution in [3.8, 4) is 0 Å². The number of methoxy groups -OCH3 is 1. The molecular formula is C25H21F3N4O5. The monoisotopic (exact) mass is 514 g/mol. The van der Waals surface area contributed by atoms with Crippen molar-refractivity contribution in [1.82, 2.24) is 9.78 Å². The van der Waals surface area contributed by atoms with Crippen LogP contribution in [0.3, 0.4) is 0 Å². The van der Waals surface area contributed by atoms with Gasteiger partial charge in [-0.1, -0.05) is 18.2 Å². The van der Waals surface area contributed by atoms with Crippen molar-refractivity contribution < 1.29 is 37.0 Å². The normalized spacial score (nSPS) is 12.9. The van der Waals surface area contributed by atoms with Crippen molar-refractivity contribution >= 4 is 35.2 Å². The number of nitrogens with one attached hydrogen (secondary N) is 1. The first-order valence-corrected chi connectivity index (χ1v) is 11.0. The van der Waals surface area contributed by atoms with Gasteiger partial charge in [0.15, 0.2) is 5.82 Å². The fraction of sp³-hybridized carbons (Fsp3) is 0.200. The van der Waals surface area contributed by atoms with Crippen LogP contribution >= 0.6 is 0 Å². The average molecular weight is 514 g/mol. The van der Waals surface area contributed by atoms with E-state index in [1.54, 1.807) is 37.3 Å². The lowest BCUT2D eigenvalue weighted by Gasteiger charge is -2.27. The number of amides is 2. The molecule has 2 amide bonds. The Morgan fingerprint density at radius 2 is 1.86 bits per heavy atom. The van der Waals surface area contributed by atoms with Crippen LogP contribution in [0.15, 0.2) is 60.8 Å². The van der Waals surface area contributed by atoms with Crippen LogP contribution in [0.25, 0.3) is 5.70 Å². The molecule has 4 rings (SSSR count). The highest BCUT2D eigenvalue weighted by Gasteiger charge is 2.33. The molecular weight excluding hydrogens is 493 g/mol. The fourth-order valence-corrected chi connectivity index (χ4v) is 3.79. The molecule has 12 heteroatoms. The molecule has 1 aromatic heterocycles. The smallest absolute Gasteiger partial charge is 0.416 e. The summed E-state index contributed by atoms with van der Waals surface area (Å²) in [4.78, 5) is 38.7. The Balaban J connectivity index is 1.65. The number of esters is 1. The second kappa shape index (κ2) is 10.2. The van der Waals surface area contributed by atoms with Crippen LogP contribution in [0.1, 0.15) is 38.8 Å². The van der Waals surface area contributed by atoms with E-state index in [-0.39, 0.29) is 30.1 Å². The minimum atomic E-state index is -4.58. The number of carbonyl (C=O) groups is 3. The van der Waals surface area contributed by atoms with Gasteiger partial charge in [-0.2, -0.15) is 18.3 Å². The quantitative estimate of drug-likeness (QED) is 0.491. The van der Waals surface area contributed by atoms with E-state index in [0.29, 0.717) is 16.9 Å². The molecule has 0 fully saturated rings. The first-order chi connectivity index (χ1) is 17.6. The number of hydrogen-bond acceptors (Lipinski definition) is 6. The number of benzene rings is 2. The Hall–Kier alpha value is -4.61. The predicted octanol–water partition coefficient (Wildman–Crippen LogP) is 4.81. The molecule has 0 spiro atoms. The number of aromatic nitrogens is 2. The third-order valence-electron chi connectivity index (χ3n) is 5.45. The topological polar surface area (TPSA) is 103 Å². The Morgan fingerprint density at radius 3 is 2.57 bits per heavy atom. The maximum Gasteiger partial charge on any atom is 0.416 e. The van der Waals surface area contributed by atoms with E-state index in [4.69, 9.17) is 9.47 Å². The van der Waals surface area contributed by atoms with Gasteiger partial charge in [0.05, 0.1) is 37.7 Å². The van der Waals surface area contributed by atoms with Gasteiger partial charge in [0.2, 0.25) is 0 Å². The lowest BCUT2D eigenvalue weighted by Crippen LogP contribution is -2.36. The molecule has 37 heavy (non-hydrogen) atoms. The van der Waals surface area contributed by atoms with Gasteiger partial charge in [-0.15, -0.1) is 0 Å². The van der Waals surface area contributed by atoms with Crippen LogP contribution in [0, 0.1) is 0 Å². The third kappa shape index (κ3) is 5.17. The van der Waals surface area contributed by atoms with Gasteiger partial charge >= 0.3 is 18.2 Å². The molecule has 2 heterocycles. The molecule has 1 N–H and O–H groups in total. The Labute approximate surface area is 209 Å². The minimum Gasteiger partial charge on any atom is -0.462 e. The van der Waals surface area contributed by atoms with Gasteiger partial charge in [-0.3, -0.25) is 9.69 Å². The van der Waals surface area contributed by atoms with Crippen molar-refractivity contribution in [3.63, 3.8) is 0 Å². The summed E-state index contributed by atoms with van der Waals surface area (Å²) < 4.78 is 50.4. The molecule has 3 aromatic rings. The predicted molar refractivity (Wildman–Crippen MR) is 127 cm³/mol. The molecule has 0 bridgehead atoms. The summed E-state index contributed by atoms with van der Waals surface area (Å²) in [6, 6.07) is 10.6. The highest BCUT2D eigenvalue weighted by atomic mass is 19.4. The van der Waals surface area contributed by atoms with E-state index >= 15 is 0 Å². The molecule has 2 aromatic carbocycles. The van der Waals surface area contributed by atoms with E-state index in [1.807, 2.05) is 0 Å². The summed E-state index contributed by atoms with van der Waals surface area (Å²) in [5, 5.41) is 6.85. The van der Waals surface area contributed by atoms with Crippen LogP contribution in [0.5, 0.6) is 0 Å². The maximum atomic E-state index is 13.0.